The summed E-state index contributed by atoms with van der Waals surface area (Å²) in [6.07, 6.45) is 8.36. The number of allylic oxidation sites excluding steroid dienone is 8. The molecule has 0 atom stereocenters. The summed E-state index contributed by atoms with van der Waals surface area (Å²) in [5.41, 5.74) is 21.3. The van der Waals surface area contributed by atoms with Crippen molar-refractivity contribution in [2.75, 3.05) is 9.80 Å². The second-order valence-electron chi connectivity index (χ2n) is 16.2. The number of hydrogen-bond acceptors (Lipinski definition) is 5. The molecule has 8 rings (SSSR count). The van der Waals surface area contributed by atoms with Crippen LogP contribution in [0.15, 0.2) is 191 Å². The Morgan fingerprint density at radius 3 is 1.06 bits per heavy atom. The van der Waals surface area contributed by atoms with E-state index < -0.39 is 0 Å². The highest BCUT2D eigenvalue weighted by atomic mass is 32.1. The summed E-state index contributed by atoms with van der Waals surface area (Å²) in [5, 5.41) is 22.6. The van der Waals surface area contributed by atoms with E-state index in [1.54, 1.807) is 5.41 Å². The number of anilines is 4. The molecule has 0 spiro atoms. The van der Waals surface area contributed by atoms with E-state index in [2.05, 4.69) is 234 Å². The monoisotopic (exact) mass is 843 g/mol. The van der Waals surface area contributed by atoms with Crippen LogP contribution >= 0.6 is 12.6 Å². The molecule has 0 radical (unpaired) electrons. The Kier molecular flexibility index (Phi) is 12.1. The number of rotatable bonds is 9. The molecule has 306 valence electrons. The summed E-state index contributed by atoms with van der Waals surface area (Å²) in [7, 11) is 0. The summed E-state index contributed by atoms with van der Waals surface area (Å²) in [4.78, 5) is 4.42. The van der Waals surface area contributed by atoms with Crippen molar-refractivity contribution in [2.45, 2.75) is 41.5 Å². The minimum atomic E-state index is 0.424. The molecule has 0 aliphatic heterocycles. The lowest BCUT2D eigenvalue weighted by Gasteiger charge is -2.32. The van der Waals surface area contributed by atoms with E-state index in [-0.39, 0.29) is 0 Å². The zero-order chi connectivity index (χ0) is 43.7. The Bertz CT molecular complexity index is 2630. The molecule has 6 aromatic rings. The van der Waals surface area contributed by atoms with Gasteiger partial charge in [-0.05, 0) is 154 Å². The topological polar surface area (TPSA) is 54.2 Å². The molecule has 4 nitrogen and oxygen atoms in total. The standard InChI is InChI=1S/C56H50N4S2/c1-35-7-17-43(18-8-35)59(44-19-9-36(2)10-20-44)53-29-27-49(55(57)51(53)33-61)41-15-25-47(39(5)31-41)48-26-16-42(32-40(48)6)50-28-30-54(52(34-62)56(50)58)60(45-21-11-37(3)12-22-45)46-23-13-38(4)14-24-46/h7-34,57-58,61-62H,1-6H3/p+1/b51-33-,52-34-,57-55?,58-56?. The molecule has 2 aliphatic rings. The third-order valence-corrected chi connectivity index (χ3v) is 12.3. The second kappa shape index (κ2) is 17.8. The Labute approximate surface area is 377 Å². The molecule has 6 heteroatoms. The molecular formula is C56H51N4S2+. The van der Waals surface area contributed by atoms with Gasteiger partial charge in [-0.25, -0.2) is 0 Å². The van der Waals surface area contributed by atoms with Gasteiger partial charge in [0.15, 0.2) is 0 Å². The van der Waals surface area contributed by atoms with Crippen LogP contribution in [0.1, 0.15) is 44.5 Å². The van der Waals surface area contributed by atoms with Crippen molar-refractivity contribution in [3.8, 4) is 11.1 Å². The molecule has 6 aromatic carbocycles. The Morgan fingerprint density at radius 2 is 0.758 bits per heavy atom. The van der Waals surface area contributed by atoms with Crippen LogP contribution in [0.4, 0.5) is 22.7 Å². The van der Waals surface area contributed by atoms with Gasteiger partial charge in [0.05, 0.1) is 28.4 Å². The lowest BCUT2D eigenvalue weighted by molar-refractivity contribution is 1.18. The SMILES string of the molecule is Cc1ccc(N(C2=CC=C(c3ccc(-c4ccc(C5=CC=C(N(c6ccc(C)cc6)c6ccc(C)cc6)/C(=C/[SH2+])C5=N)cc4C)c(C)c3)C(=N)/C2=C\S)c2ccc(C)cc2)cc1. The van der Waals surface area contributed by atoms with Gasteiger partial charge in [-0.2, -0.15) is 12.6 Å². The first-order chi connectivity index (χ1) is 29.9. The van der Waals surface area contributed by atoms with E-state index in [0.717, 1.165) is 89.8 Å². The average Bonchev–Trinajstić information content (AvgIpc) is 3.27. The highest BCUT2D eigenvalue weighted by Gasteiger charge is 2.29. The minimum absolute atomic E-state index is 0.424. The summed E-state index contributed by atoms with van der Waals surface area (Å²) >= 11 is 8.37. The van der Waals surface area contributed by atoms with E-state index in [1.807, 2.05) is 5.41 Å². The molecule has 2 N–H and O–H groups in total. The maximum atomic E-state index is 9.51. The number of thiol groups is 1. The lowest BCUT2D eigenvalue weighted by atomic mass is 9.85. The van der Waals surface area contributed by atoms with Gasteiger partial charge in [0.25, 0.3) is 0 Å². The second-order valence-corrected chi connectivity index (χ2v) is 16.7. The molecule has 2 aliphatic carbocycles. The predicted octanol–water partition coefficient (Wildman–Crippen LogP) is 14.2. The number of benzene rings is 6. The van der Waals surface area contributed by atoms with Crippen molar-refractivity contribution in [3.63, 3.8) is 0 Å². The summed E-state index contributed by atoms with van der Waals surface area (Å²) in [6.45, 7) is 12.6. The van der Waals surface area contributed by atoms with Crippen LogP contribution in [0.3, 0.4) is 0 Å². The molecular weight excluding hydrogens is 793 g/mol. The van der Waals surface area contributed by atoms with E-state index in [4.69, 9.17) is 0 Å². The Hall–Kier alpha value is -6.60. The molecule has 62 heavy (non-hydrogen) atoms. The van der Waals surface area contributed by atoms with Gasteiger partial charge in [-0.15, -0.1) is 0 Å². The minimum Gasteiger partial charge on any atom is -0.310 e. The molecule has 0 fully saturated rings. The average molecular weight is 844 g/mol. The van der Waals surface area contributed by atoms with Gasteiger partial charge in [-0.1, -0.05) is 119 Å². The number of nitrogens with one attached hydrogen (secondary N) is 2. The number of nitrogens with zero attached hydrogens (tertiary/aromatic N) is 2. The molecule has 0 saturated heterocycles. The van der Waals surface area contributed by atoms with E-state index in [0.29, 0.717) is 11.4 Å². The van der Waals surface area contributed by atoms with E-state index in [1.165, 1.54) is 22.3 Å². The highest BCUT2D eigenvalue weighted by Crippen LogP contribution is 2.41. The van der Waals surface area contributed by atoms with E-state index in [9.17, 15) is 10.8 Å². The molecule has 0 heterocycles. The van der Waals surface area contributed by atoms with Crippen LogP contribution in [0.25, 0.3) is 22.3 Å². The molecule has 0 saturated carbocycles. The predicted molar refractivity (Wildman–Crippen MR) is 273 cm³/mol. The van der Waals surface area contributed by atoms with Crippen molar-refractivity contribution in [3.05, 3.63) is 236 Å². The fourth-order valence-corrected chi connectivity index (χ4v) is 8.82. The van der Waals surface area contributed by atoms with Crippen LogP contribution < -0.4 is 9.80 Å². The van der Waals surface area contributed by atoms with Crippen LogP contribution in [-0.2, 0) is 12.6 Å². The molecule has 0 aromatic heterocycles. The van der Waals surface area contributed by atoms with Gasteiger partial charge >= 0.3 is 0 Å². The lowest BCUT2D eigenvalue weighted by Crippen LogP contribution is -2.24. The Morgan fingerprint density at radius 1 is 0.435 bits per heavy atom. The number of aryl methyl sites for hydroxylation is 6. The van der Waals surface area contributed by atoms with Crippen LogP contribution in [0.2, 0.25) is 0 Å². The molecule has 0 bridgehead atoms. The van der Waals surface area contributed by atoms with Crippen molar-refractivity contribution in [1.29, 1.82) is 10.8 Å². The Balaban J connectivity index is 1.11. The van der Waals surface area contributed by atoms with Gasteiger partial charge in [0.2, 0.25) is 0 Å². The summed E-state index contributed by atoms with van der Waals surface area (Å²) in [5.74, 6) is 0. The van der Waals surface area contributed by atoms with E-state index >= 15 is 0 Å². The third kappa shape index (κ3) is 8.24. The normalized spacial score (nSPS) is 15.3. The third-order valence-electron chi connectivity index (χ3n) is 11.7. The van der Waals surface area contributed by atoms with Crippen molar-refractivity contribution >= 4 is 70.6 Å². The van der Waals surface area contributed by atoms with Crippen molar-refractivity contribution < 1.29 is 0 Å². The first-order valence-electron chi connectivity index (χ1n) is 20.8. The number of hydrogen-bond donors (Lipinski definition) is 3. The first kappa shape index (κ1) is 42.1. The van der Waals surface area contributed by atoms with Gasteiger partial charge in [-0.3, -0.25) is 10.8 Å². The summed E-state index contributed by atoms with van der Waals surface area (Å²) in [6, 6.07) is 47.0. The zero-order valence-electron chi connectivity index (χ0n) is 36.0. The first-order valence-corrected chi connectivity index (χ1v) is 21.9. The zero-order valence-corrected chi connectivity index (χ0v) is 37.9. The van der Waals surface area contributed by atoms with Gasteiger partial charge in [0.1, 0.15) is 5.41 Å². The molecule has 0 amide bonds. The van der Waals surface area contributed by atoms with Crippen LogP contribution in [0.5, 0.6) is 0 Å². The van der Waals surface area contributed by atoms with Crippen LogP contribution in [-0.4, -0.2) is 11.4 Å². The fourth-order valence-electron chi connectivity index (χ4n) is 8.26. The quantitative estimate of drug-likeness (QED) is 0.100. The maximum absolute atomic E-state index is 9.51. The van der Waals surface area contributed by atoms with Crippen molar-refractivity contribution in [1.82, 2.24) is 0 Å². The maximum Gasteiger partial charge on any atom is 0.126 e. The van der Waals surface area contributed by atoms with Crippen LogP contribution in [0, 0.1) is 52.4 Å². The fraction of sp³-hybridized carbons (Fsp3) is 0.107. The van der Waals surface area contributed by atoms with Gasteiger partial charge in [0, 0.05) is 39.5 Å². The smallest absolute Gasteiger partial charge is 0.126 e. The summed E-state index contributed by atoms with van der Waals surface area (Å²) < 4.78 is 0. The van der Waals surface area contributed by atoms with Gasteiger partial charge < -0.3 is 9.80 Å². The molecule has 0 unspecified atom stereocenters. The van der Waals surface area contributed by atoms with Crippen molar-refractivity contribution in [2.24, 2.45) is 0 Å². The highest BCUT2D eigenvalue weighted by molar-refractivity contribution is 7.83. The largest absolute Gasteiger partial charge is 0.310 e.